The molecular weight excluding hydrogens is 368 g/mol. The Kier molecular flexibility index (Phi) is 7.10. The third-order valence-corrected chi connectivity index (χ3v) is 6.07. The molecule has 0 aliphatic heterocycles. The zero-order valence-corrected chi connectivity index (χ0v) is 14.5. The predicted molar refractivity (Wildman–Crippen MR) is 81.3 cm³/mol. The van der Waals surface area contributed by atoms with E-state index < -0.39 is 10.0 Å². The van der Waals surface area contributed by atoms with Crippen LogP contribution in [0.4, 0.5) is 0 Å². The largest absolute Gasteiger partial charge is 0.383 e. The van der Waals surface area contributed by atoms with Crippen molar-refractivity contribution >= 4 is 43.2 Å². The zero-order valence-electron chi connectivity index (χ0n) is 11.3. The molecule has 0 atom stereocenters. The van der Waals surface area contributed by atoms with Gasteiger partial charge in [-0.1, -0.05) is 0 Å². The van der Waals surface area contributed by atoms with Crippen molar-refractivity contribution in [2.45, 2.75) is 11.1 Å². The van der Waals surface area contributed by atoms with Crippen LogP contribution in [-0.2, 0) is 19.6 Å². The SMILES string of the molecule is COCCN(CCNS(=O)(=O)c1ccc(Br)s1)C(C)=O. The summed E-state index contributed by atoms with van der Waals surface area (Å²) in [6.07, 6.45) is 0. The van der Waals surface area contributed by atoms with E-state index in [1.54, 1.807) is 13.2 Å². The summed E-state index contributed by atoms with van der Waals surface area (Å²) >= 11 is 4.36. The van der Waals surface area contributed by atoms with Gasteiger partial charge in [-0.15, -0.1) is 11.3 Å². The molecule has 1 heterocycles. The number of carbonyl (C=O) groups is 1. The second kappa shape index (κ2) is 8.08. The maximum absolute atomic E-state index is 12.0. The number of halogens is 1. The summed E-state index contributed by atoms with van der Waals surface area (Å²) in [5, 5.41) is 0. The molecule has 1 aromatic rings. The van der Waals surface area contributed by atoms with E-state index >= 15 is 0 Å². The van der Waals surface area contributed by atoms with Crippen molar-refractivity contribution in [2.75, 3.05) is 33.4 Å². The van der Waals surface area contributed by atoms with E-state index in [2.05, 4.69) is 20.7 Å². The Morgan fingerprint density at radius 2 is 2.15 bits per heavy atom. The summed E-state index contributed by atoms with van der Waals surface area (Å²) < 4.78 is 32.3. The average Bonchev–Trinajstić information content (AvgIpc) is 2.80. The first-order valence-electron chi connectivity index (χ1n) is 5.86. The number of hydrogen-bond donors (Lipinski definition) is 1. The van der Waals surface area contributed by atoms with Gasteiger partial charge in [-0.25, -0.2) is 13.1 Å². The molecule has 0 saturated carbocycles. The van der Waals surface area contributed by atoms with Crippen molar-refractivity contribution in [3.8, 4) is 0 Å². The highest BCUT2D eigenvalue weighted by molar-refractivity contribution is 9.11. The van der Waals surface area contributed by atoms with E-state index in [0.717, 1.165) is 15.1 Å². The lowest BCUT2D eigenvalue weighted by atomic mass is 10.4. The molecule has 1 amide bonds. The summed E-state index contributed by atoms with van der Waals surface area (Å²) in [5.41, 5.74) is 0. The number of amides is 1. The van der Waals surface area contributed by atoms with E-state index in [-0.39, 0.29) is 16.7 Å². The molecule has 1 rings (SSSR count). The lowest BCUT2D eigenvalue weighted by molar-refractivity contribution is -0.129. The minimum atomic E-state index is -3.51. The molecule has 0 radical (unpaired) electrons. The summed E-state index contributed by atoms with van der Waals surface area (Å²) in [6.45, 7) is 2.79. The summed E-state index contributed by atoms with van der Waals surface area (Å²) in [4.78, 5) is 12.9. The highest BCUT2D eigenvalue weighted by Gasteiger charge is 2.17. The van der Waals surface area contributed by atoms with E-state index in [9.17, 15) is 13.2 Å². The fourth-order valence-corrected chi connectivity index (χ4v) is 4.53. The maximum atomic E-state index is 12.0. The average molecular weight is 385 g/mol. The van der Waals surface area contributed by atoms with Gasteiger partial charge < -0.3 is 9.64 Å². The fraction of sp³-hybridized carbons (Fsp3) is 0.545. The van der Waals surface area contributed by atoms with E-state index in [1.807, 2.05) is 0 Å². The van der Waals surface area contributed by atoms with Crippen LogP contribution in [0.15, 0.2) is 20.1 Å². The van der Waals surface area contributed by atoms with Crippen LogP contribution in [0.1, 0.15) is 6.92 Å². The van der Waals surface area contributed by atoms with Gasteiger partial charge in [0.15, 0.2) is 0 Å². The smallest absolute Gasteiger partial charge is 0.250 e. The van der Waals surface area contributed by atoms with Gasteiger partial charge in [0.1, 0.15) is 4.21 Å². The van der Waals surface area contributed by atoms with Crippen molar-refractivity contribution in [3.63, 3.8) is 0 Å². The lowest BCUT2D eigenvalue weighted by Crippen LogP contribution is -2.39. The molecule has 0 unspecified atom stereocenters. The first-order chi connectivity index (χ1) is 9.36. The minimum absolute atomic E-state index is 0.111. The van der Waals surface area contributed by atoms with Crippen LogP contribution < -0.4 is 4.72 Å². The first kappa shape index (κ1) is 17.6. The Morgan fingerprint density at radius 1 is 1.45 bits per heavy atom. The summed E-state index contributed by atoms with van der Waals surface area (Å²) in [5.74, 6) is -0.111. The van der Waals surface area contributed by atoms with Crippen LogP contribution in [-0.4, -0.2) is 52.6 Å². The number of nitrogens with zero attached hydrogens (tertiary/aromatic N) is 1. The summed E-state index contributed by atoms with van der Waals surface area (Å²) in [6, 6.07) is 3.21. The third kappa shape index (κ3) is 5.49. The molecule has 20 heavy (non-hydrogen) atoms. The molecule has 0 spiro atoms. The molecule has 0 bridgehead atoms. The molecule has 0 aliphatic rings. The Bertz CT molecular complexity index is 544. The molecule has 0 fully saturated rings. The van der Waals surface area contributed by atoms with E-state index in [4.69, 9.17) is 4.74 Å². The Labute approximate surface area is 131 Å². The Hall–Kier alpha value is -0.480. The van der Waals surface area contributed by atoms with Gasteiger partial charge in [-0.2, -0.15) is 0 Å². The normalized spacial score (nSPS) is 11.6. The number of ether oxygens (including phenoxy) is 1. The van der Waals surface area contributed by atoms with Crippen LogP contribution in [0.3, 0.4) is 0 Å². The molecule has 1 aromatic heterocycles. The topological polar surface area (TPSA) is 75.7 Å². The van der Waals surface area contributed by atoms with Crippen molar-refractivity contribution in [1.29, 1.82) is 0 Å². The highest BCUT2D eigenvalue weighted by Crippen LogP contribution is 2.25. The van der Waals surface area contributed by atoms with Gasteiger partial charge in [0, 0.05) is 33.7 Å². The number of nitrogens with one attached hydrogen (secondary N) is 1. The molecule has 0 aliphatic carbocycles. The number of thiophene rings is 1. The number of hydrogen-bond acceptors (Lipinski definition) is 5. The number of methoxy groups -OCH3 is 1. The lowest BCUT2D eigenvalue weighted by Gasteiger charge is -2.20. The summed E-state index contributed by atoms with van der Waals surface area (Å²) in [7, 11) is -1.96. The number of rotatable bonds is 8. The standard InChI is InChI=1S/C11H17BrN2O4S2/c1-9(15)14(7-8-18-2)6-5-13-20(16,17)11-4-3-10(12)19-11/h3-4,13H,5-8H2,1-2H3. The molecule has 0 aromatic carbocycles. The molecular formula is C11H17BrN2O4S2. The monoisotopic (exact) mass is 384 g/mol. The Balaban J connectivity index is 2.51. The van der Waals surface area contributed by atoms with Crippen molar-refractivity contribution < 1.29 is 17.9 Å². The second-order valence-electron chi connectivity index (χ2n) is 3.96. The van der Waals surface area contributed by atoms with Crippen LogP contribution in [0.25, 0.3) is 0 Å². The third-order valence-electron chi connectivity index (χ3n) is 2.50. The molecule has 1 N–H and O–H groups in total. The number of sulfonamides is 1. The number of carbonyl (C=O) groups excluding carboxylic acids is 1. The predicted octanol–water partition coefficient (Wildman–Crippen LogP) is 1.28. The van der Waals surface area contributed by atoms with Gasteiger partial charge in [0.25, 0.3) is 0 Å². The Morgan fingerprint density at radius 3 is 2.65 bits per heavy atom. The maximum Gasteiger partial charge on any atom is 0.250 e. The highest BCUT2D eigenvalue weighted by atomic mass is 79.9. The van der Waals surface area contributed by atoms with Gasteiger partial charge >= 0.3 is 0 Å². The van der Waals surface area contributed by atoms with Crippen molar-refractivity contribution in [1.82, 2.24) is 9.62 Å². The van der Waals surface area contributed by atoms with Gasteiger partial charge in [0.05, 0.1) is 10.4 Å². The fourth-order valence-electron chi connectivity index (χ4n) is 1.46. The molecule has 114 valence electrons. The van der Waals surface area contributed by atoms with Gasteiger partial charge in [-0.05, 0) is 28.1 Å². The zero-order chi connectivity index (χ0) is 15.2. The van der Waals surface area contributed by atoms with Crippen LogP contribution in [0.2, 0.25) is 0 Å². The quantitative estimate of drug-likeness (QED) is 0.732. The molecule has 0 saturated heterocycles. The van der Waals surface area contributed by atoms with Crippen molar-refractivity contribution in [2.24, 2.45) is 0 Å². The van der Waals surface area contributed by atoms with Crippen LogP contribution >= 0.6 is 27.3 Å². The van der Waals surface area contributed by atoms with Crippen LogP contribution in [0.5, 0.6) is 0 Å². The van der Waals surface area contributed by atoms with Gasteiger partial charge in [0.2, 0.25) is 15.9 Å². The van der Waals surface area contributed by atoms with E-state index in [1.165, 1.54) is 17.9 Å². The molecule has 6 nitrogen and oxygen atoms in total. The minimum Gasteiger partial charge on any atom is -0.383 e. The van der Waals surface area contributed by atoms with E-state index in [0.29, 0.717) is 19.7 Å². The van der Waals surface area contributed by atoms with Gasteiger partial charge in [-0.3, -0.25) is 4.79 Å². The molecule has 9 heteroatoms. The van der Waals surface area contributed by atoms with Crippen LogP contribution in [0, 0.1) is 0 Å². The van der Waals surface area contributed by atoms with Crippen molar-refractivity contribution in [3.05, 3.63) is 15.9 Å². The second-order valence-corrected chi connectivity index (χ2v) is 8.41. The first-order valence-corrected chi connectivity index (χ1v) is 8.95.